The summed E-state index contributed by atoms with van der Waals surface area (Å²) >= 11 is 0. The summed E-state index contributed by atoms with van der Waals surface area (Å²) in [5.41, 5.74) is 0. The number of aliphatic carboxylic acids is 1. The van der Waals surface area contributed by atoms with Crippen LogP contribution in [-0.4, -0.2) is 36.6 Å². The van der Waals surface area contributed by atoms with Crippen LogP contribution in [0.25, 0.3) is 0 Å². The molecule has 7 heteroatoms. The molecule has 0 aromatic carbocycles. The van der Waals surface area contributed by atoms with Crippen molar-refractivity contribution in [1.82, 2.24) is 5.32 Å². The third-order valence-corrected chi connectivity index (χ3v) is 1.25. The molecule has 0 radical (unpaired) electrons. The van der Waals surface area contributed by atoms with E-state index in [1.165, 1.54) is 0 Å². The van der Waals surface area contributed by atoms with Crippen LogP contribution in [0.15, 0.2) is 0 Å². The third-order valence-electron chi connectivity index (χ3n) is 1.25. The van der Waals surface area contributed by atoms with E-state index >= 15 is 0 Å². The van der Waals surface area contributed by atoms with Gasteiger partial charge in [0.25, 0.3) is 0 Å². The van der Waals surface area contributed by atoms with Gasteiger partial charge >= 0.3 is 12.1 Å². The lowest BCUT2D eigenvalue weighted by molar-refractivity contribution is -0.192. The zero-order chi connectivity index (χ0) is 10.5. The number of carbonyl (C=O) groups is 2. The molecule has 76 valence electrons. The Balaban J connectivity index is 0.000000223. The van der Waals surface area contributed by atoms with Gasteiger partial charge in [-0.3, -0.25) is 0 Å². The largest absolute Gasteiger partial charge is 0.490 e. The SMILES string of the molecule is O=C(O)C(F)(F)F.O=CC1CNC1. The van der Waals surface area contributed by atoms with Gasteiger partial charge in [-0.2, -0.15) is 13.2 Å². The van der Waals surface area contributed by atoms with Crippen molar-refractivity contribution in [2.24, 2.45) is 5.92 Å². The van der Waals surface area contributed by atoms with E-state index in [1.54, 1.807) is 0 Å². The first-order chi connectivity index (χ1) is 5.88. The zero-order valence-electron chi connectivity index (χ0n) is 6.47. The van der Waals surface area contributed by atoms with Crippen LogP contribution in [-0.2, 0) is 9.59 Å². The fourth-order valence-corrected chi connectivity index (χ4v) is 0.407. The number of nitrogens with one attached hydrogen (secondary N) is 1. The highest BCUT2D eigenvalue weighted by atomic mass is 19.4. The minimum absolute atomic E-state index is 0.324. The van der Waals surface area contributed by atoms with Crippen LogP contribution in [0.5, 0.6) is 0 Å². The van der Waals surface area contributed by atoms with Crippen LogP contribution in [0.3, 0.4) is 0 Å². The van der Waals surface area contributed by atoms with Crippen LogP contribution < -0.4 is 5.32 Å². The van der Waals surface area contributed by atoms with E-state index in [0.29, 0.717) is 5.92 Å². The first kappa shape index (κ1) is 11.9. The standard InChI is InChI=1S/C4H7NO.C2HF3O2/c6-3-4-1-5-2-4;3-2(4,5)1(6)7/h3-5H,1-2H2;(H,6,7). The zero-order valence-corrected chi connectivity index (χ0v) is 6.47. The molecule has 13 heavy (non-hydrogen) atoms. The van der Waals surface area contributed by atoms with Crippen LogP contribution in [0.1, 0.15) is 0 Å². The first-order valence-electron chi connectivity index (χ1n) is 3.34. The fraction of sp³-hybridized carbons (Fsp3) is 0.667. The number of aldehydes is 1. The van der Waals surface area contributed by atoms with Crippen molar-refractivity contribution in [3.63, 3.8) is 0 Å². The van der Waals surface area contributed by atoms with Gasteiger partial charge in [0.1, 0.15) is 6.29 Å². The number of carboxylic acids is 1. The predicted molar refractivity (Wildman–Crippen MR) is 36.1 cm³/mol. The molecule has 1 heterocycles. The van der Waals surface area contributed by atoms with Gasteiger partial charge in [0.05, 0.1) is 0 Å². The van der Waals surface area contributed by atoms with Crippen molar-refractivity contribution in [3.8, 4) is 0 Å². The van der Waals surface area contributed by atoms with Gasteiger partial charge in [-0.05, 0) is 0 Å². The molecule has 0 aromatic rings. The van der Waals surface area contributed by atoms with Crippen molar-refractivity contribution >= 4 is 12.3 Å². The van der Waals surface area contributed by atoms with Crippen LogP contribution in [0.4, 0.5) is 13.2 Å². The summed E-state index contributed by atoms with van der Waals surface area (Å²) in [6.45, 7) is 1.78. The molecule has 1 saturated heterocycles. The van der Waals surface area contributed by atoms with E-state index in [0.717, 1.165) is 19.4 Å². The quantitative estimate of drug-likeness (QED) is 0.585. The summed E-state index contributed by atoms with van der Waals surface area (Å²) < 4.78 is 31.7. The molecule has 1 rings (SSSR count). The summed E-state index contributed by atoms with van der Waals surface area (Å²) in [6, 6.07) is 0. The lowest BCUT2D eigenvalue weighted by Gasteiger charge is -2.20. The summed E-state index contributed by atoms with van der Waals surface area (Å²) in [6.07, 6.45) is -4.09. The first-order valence-corrected chi connectivity index (χ1v) is 3.34. The highest BCUT2D eigenvalue weighted by Gasteiger charge is 2.38. The van der Waals surface area contributed by atoms with Crippen molar-refractivity contribution in [2.45, 2.75) is 6.18 Å². The summed E-state index contributed by atoms with van der Waals surface area (Å²) in [5, 5.41) is 10.1. The van der Waals surface area contributed by atoms with Gasteiger partial charge in [-0.15, -0.1) is 0 Å². The van der Waals surface area contributed by atoms with Crippen molar-refractivity contribution < 1.29 is 27.9 Å². The van der Waals surface area contributed by atoms with E-state index in [4.69, 9.17) is 9.90 Å². The molecule has 2 N–H and O–H groups in total. The number of carbonyl (C=O) groups excluding carboxylic acids is 1. The molecule has 0 spiro atoms. The van der Waals surface area contributed by atoms with E-state index < -0.39 is 12.1 Å². The van der Waals surface area contributed by atoms with E-state index in [9.17, 15) is 18.0 Å². The molecule has 4 nitrogen and oxygen atoms in total. The van der Waals surface area contributed by atoms with Crippen molar-refractivity contribution in [3.05, 3.63) is 0 Å². The molecule has 0 saturated carbocycles. The maximum atomic E-state index is 10.6. The molecule has 0 amide bonds. The number of alkyl halides is 3. The van der Waals surface area contributed by atoms with Crippen LogP contribution in [0, 0.1) is 5.92 Å². The second-order valence-corrected chi connectivity index (χ2v) is 2.36. The molecule has 0 atom stereocenters. The highest BCUT2D eigenvalue weighted by molar-refractivity contribution is 5.73. The number of hydrogen-bond donors (Lipinski definition) is 2. The average Bonchev–Trinajstić information content (AvgIpc) is 1.83. The second kappa shape index (κ2) is 4.80. The maximum absolute atomic E-state index is 10.6. The molecule has 0 aliphatic carbocycles. The van der Waals surface area contributed by atoms with Gasteiger partial charge < -0.3 is 15.2 Å². The number of rotatable bonds is 1. The Morgan fingerprint density at radius 1 is 1.46 bits per heavy atom. The summed E-state index contributed by atoms with van der Waals surface area (Å²) in [7, 11) is 0. The molecule has 1 aliphatic rings. The third kappa shape index (κ3) is 5.18. The van der Waals surface area contributed by atoms with Crippen LogP contribution in [0.2, 0.25) is 0 Å². The average molecular weight is 199 g/mol. The van der Waals surface area contributed by atoms with Gasteiger partial charge in [-0.25, -0.2) is 4.79 Å². The summed E-state index contributed by atoms with van der Waals surface area (Å²) in [5.74, 6) is -2.43. The Kier molecular flexibility index (Phi) is 4.39. The number of carboxylic acid groups (broad SMARTS) is 1. The fourth-order valence-electron chi connectivity index (χ4n) is 0.407. The Bertz CT molecular complexity index is 188. The van der Waals surface area contributed by atoms with Gasteiger partial charge in [0, 0.05) is 19.0 Å². The number of hydrogen-bond acceptors (Lipinski definition) is 3. The Hall–Kier alpha value is -1.11. The second-order valence-electron chi connectivity index (χ2n) is 2.36. The van der Waals surface area contributed by atoms with Gasteiger partial charge in [0.15, 0.2) is 0 Å². The maximum Gasteiger partial charge on any atom is 0.490 e. The smallest absolute Gasteiger partial charge is 0.475 e. The molecular formula is C6H8F3NO3. The minimum atomic E-state index is -5.08. The lowest BCUT2D eigenvalue weighted by Crippen LogP contribution is -2.42. The Labute approximate surface area is 71.7 Å². The van der Waals surface area contributed by atoms with Crippen molar-refractivity contribution in [2.75, 3.05) is 13.1 Å². The highest BCUT2D eigenvalue weighted by Crippen LogP contribution is 2.13. The molecule has 1 aliphatic heterocycles. The number of halogens is 3. The Morgan fingerprint density at radius 2 is 1.85 bits per heavy atom. The predicted octanol–water partition coefficient (Wildman–Crippen LogP) is 0.0380. The topological polar surface area (TPSA) is 66.4 Å². The van der Waals surface area contributed by atoms with E-state index in [2.05, 4.69) is 5.32 Å². The van der Waals surface area contributed by atoms with E-state index in [1.807, 2.05) is 0 Å². The summed E-state index contributed by atoms with van der Waals surface area (Å²) in [4.78, 5) is 18.6. The molecular weight excluding hydrogens is 191 g/mol. The van der Waals surface area contributed by atoms with Gasteiger partial charge in [-0.1, -0.05) is 0 Å². The molecule has 0 aromatic heterocycles. The monoisotopic (exact) mass is 199 g/mol. The Morgan fingerprint density at radius 3 is 1.85 bits per heavy atom. The molecule has 0 unspecified atom stereocenters. The minimum Gasteiger partial charge on any atom is -0.475 e. The van der Waals surface area contributed by atoms with Crippen molar-refractivity contribution in [1.29, 1.82) is 0 Å². The lowest BCUT2D eigenvalue weighted by atomic mass is 10.1. The van der Waals surface area contributed by atoms with Gasteiger partial charge in [0.2, 0.25) is 0 Å². The molecule has 1 fully saturated rings. The normalized spacial score (nSPS) is 16.5. The van der Waals surface area contributed by atoms with E-state index in [-0.39, 0.29) is 0 Å². The molecule has 0 bridgehead atoms. The van der Waals surface area contributed by atoms with Crippen LogP contribution >= 0.6 is 0 Å².